The number of hydrogen-bond acceptors (Lipinski definition) is 2. The number of amides is 1. The highest BCUT2D eigenvalue weighted by molar-refractivity contribution is 7.80. The normalized spacial score (nSPS) is 22.8. The third kappa shape index (κ3) is 2.95. The van der Waals surface area contributed by atoms with Crippen LogP contribution in [-0.2, 0) is 4.79 Å². The average Bonchev–Trinajstić information content (AvgIpc) is 2.03. The van der Waals surface area contributed by atoms with Gasteiger partial charge < -0.3 is 10.6 Å². The average molecular weight is 200 g/mol. The van der Waals surface area contributed by atoms with Gasteiger partial charge >= 0.3 is 0 Å². The Labute approximate surface area is 84.3 Å². The highest BCUT2D eigenvalue weighted by Crippen LogP contribution is 2.16. The van der Waals surface area contributed by atoms with Crippen LogP contribution in [-0.4, -0.2) is 28.4 Å². The largest absolute Gasteiger partial charge is 0.393 e. The molecule has 1 atom stereocenters. The summed E-state index contributed by atoms with van der Waals surface area (Å²) in [6.07, 6.45) is 3.65. The second-order valence-electron chi connectivity index (χ2n) is 3.58. The Morgan fingerprint density at radius 3 is 2.85 bits per heavy atom. The number of likely N-dealkylation sites (tertiary alicyclic amines) is 1. The maximum absolute atomic E-state index is 11.6. The quantitative estimate of drug-likeness (QED) is 0.678. The first-order valence-corrected chi connectivity index (χ1v) is 5.10. The molecular weight excluding hydrogens is 184 g/mol. The van der Waals surface area contributed by atoms with Crippen molar-refractivity contribution in [1.82, 2.24) is 4.90 Å². The number of nitrogens with zero attached hydrogens (tertiary/aromatic N) is 1. The standard InChI is InChI=1S/C9H16N2OS/c1-7-4-2-3-5-11(7)9(12)6-8(10)13/h7H,2-6H2,1H3,(H2,10,13). The summed E-state index contributed by atoms with van der Waals surface area (Å²) in [4.78, 5) is 13.8. The van der Waals surface area contributed by atoms with E-state index in [4.69, 9.17) is 18.0 Å². The monoisotopic (exact) mass is 200 g/mol. The van der Waals surface area contributed by atoms with Gasteiger partial charge in [-0.15, -0.1) is 0 Å². The van der Waals surface area contributed by atoms with Crippen LogP contribution in [0.4, 0.5) is 0 Å². The summed E-state index contributed by atoms with van der Waals surface area (Å²) in [5.41, 5.74) is 5.33. The molecule has 2 N–H and O–H groups in total. The lowest BCUT2D eigenvalue weighted by atomic mass is 10.0. The molecular formula is C9H16N2OS. The second-order valence-corrected chi connectivity index (χ2v) is 4.10. The Bertz CT molecular complexity index is 218. The molecule has 1 aliphatic heterocycles. The van der Waals surface area contributed by atoms with Crippen LogP contribution in [0.3, 0.4) is 0 Å². The fourth-order valence-electron chi connectivity index (χ4n) is 1.72. The molecule has 0 aromatic carbocycles. The lowest BCUT2D eigenvalue weighted by Gasteiger charge is -2.33. The van der Waals surface area contributed by atoms with Gasteiger partial charge in [-0.1, -0.05) is 12.2 Å². The molecule has 1 saturated heterocycles. The third-order valence-electron chi connectivity index (χ3n) is 2.45. The molecule has 0 radical (unpaired) electrons. The number of carbonyl (C=O) groups is 1. The first-order valence-electron chi connectivity index (χ1n) is 4.69. The molecule has 1 fully saturated rings. The number of thiocarbonyl (C=S) groups is 1. The predicted octanol–water partition coefficient (Wildman–Crippen LogP) is 1.06. The van der Waals surface area contributed by atoms with Crippen LogP contribution in [0.15, 0.2) is 0 Å². The molecule has 0 aromatic heterocycles. The molecule has 0 bridgehead atoms. The van der Waals surface area contributed by atoms with Crippen LogP contribution in [0.2, 0.25) is 0 Å². The lowest BCUT2D eigenvalue weighted by Crippen LogP contribution is -2.43. The van der Waals surface area contributed by atoms with Gasteiger partial charge in [-0.2, -0.15) is 0 Å². The molecule has 0 saturated carbocycles. The minimum Gasteiger partial charge on any atom is -0.393 e. The predicted molar refractivity (Wildman–Crippen MR) is 56.4 cm³/mol. The lowest BCUT2D eigenvalue weighted by molar-refractivity contribution is -0.133. The van der Waals surface area contributed by atoms with E-state index in [2.05, 4.69) is 6.92 Å². The summed E-state index contributed by atoms with van der Waals surface area (Å²) in [5, 5.41) is 0. The minimum absolute atomic E-state index is 0.0831. The minimum atomic E-state index is 0.0831. The Hall–Kier alpha value is -0.640. The van der Waals surface area contributed by atoms with E-state index in [0.29, 0.717) is 11.0 Å². The van der Waals surface area contributed by atoms with Gasteiger partial charge in [0, 0.05) is 12.6 Å². The van der Waals surface area contributed by atoms with Crippen LogP contribution < -0.4 is 5.73 Å². The summed E-state index contributed by atoms with van der Waals surface area (Å²) < 4.78 is 0. The third-order valence-corrected chi connectivity index (χ3v) is 2.59. The molecule has 1 heterocycles. The zero-order valence-corrected chi connectivity index (χ0v) is 8.77. The number of nitrogens with two attached hydrogens (primary N) is 1. The van der Waals surface area contributed by atoms with Crippen LogP contribution in [0.5, 0.6) is 0 Å². The highest BCUT2D eigenvalue weighted by Gasteiger charge is 2.22. The van der Waals surface area contributed by atoms with Crippen molar-refractivity contribution in [3.63, 3.8) is 0 Å². The van der Waals surface area contributed by atoms with Crippen molar-refractivity contribution in [2.75, 3.05) is 6.54 Å². The van der Waals surface area contributed by atoms with Crippen molar-refractivity contribution in [3.8, 4) is 0 Å². The SMILES string of the molecule is CC1CCCCN1C(=O)CC(N)=S. The summed E-state index contributed by atoms with van der Waals surface area (Å²) in [6, 6.07) is 0.357. The summed E-state index contributed by atoms with van der Waals surface area (Å²) in [5.74, 6) is 0.0831. The Balaban J connectivity index is 2.48. The molecule has 0 aliphatic carbocycles. The van der Waals surface area contributed by atoms with Crippen molar-refractivity contribution >= 4 is 23.1 Å². The van der Waals surface area contributed by atoms with Gasteiger partial charge in [-0.3, -0.25) is 4.79 Å². The van der Waals surface area contributed by atoms with Gasteiger partial charge in [-0.25, -0.2) is 0 Å². The topological polar surface area (TPSA) is 46.3 Å². The molecule has 1 amide bonds. The maximum Gasteiger partial charge on any atom is 0.229 e. The first kappa shape index (κ1) is 10.4. The number of carbonyl (C=O) groups excluding carboxylic acids is 1. The molecule has 0 aromatic rings. The molecule has 1 rings (SSSR count). The molecule has 74 valence electrons. The van der Waals surface area contributed by atoms with E-state index in [1.807, 2.05) is 4.90 Å². The maximum atomic E-state index is 11.6. The Morgan fingerprint density at radius 1 is 1.62 bits per heavy atom. The van der Waals surface area contributed by atoms with Crippen LogP contribution in [0.1, 0.15) is 32.6 Å². The van der Waals surface area contributed by atoms with Crippen molar-refractivity contribution in [2.45, 2.75) is 38.6 Å². The highest BCUT2D eigenvalue weighted by atomic mass is 32.1. The van der Waals surface area contributed by atoms with Crippen molar-refractivity contribution < 1.29 is 4.79 Å². The fraction of sp³-hybridized carbons (Fsp3) is 0.778. The van der Waals surface area contributed by atoms with E-state index >= 15 is 0 Å². The van der Waals surface area contributed by atoms with Gasteiger partial charge in [0.2, 0.25) is 5.91 Å². The van der Waals surface area contributed by atoms with Crippen molar-refractivity contribution in [3.05, 3.63) is 0 Å². The molecule has 13 heavy (non-hydrogen) atoms. The number of hydrogen-bond donors (Lipinski definition) is 1. The van der Waals surface area contributed by atoms with E-state index in [0.717, 1.165) is 19.4 Å². The van der Waals surface area contributed by atoms with E-state index in [-0.39, 0.29) is 12.3 Å². The van der Waals surface area contributed by atoms with Gasteiger partial charge in [0.15, 0.2) is 0 Å². The van der Waals surface area contributed by atoms with Crippen molar-refractivity contribution in [2.24, 2.45) is 5.73 Å². The number of piperidine rings is 1. The van der Waals surface area contributed by atoms with E-state index in [1.54, 1.807) is 0 Å². The molecule has 0 spiro atoms. The Kier molecular flexibility index (Phi) is 3.66. The molecule has 1 unspecified atom stereocenters. The van der Waals surface area contributed by atoms with Gasteiger partial charge in [0.05, 0.1) is 11.4 Å². The van der Waals surface area contributed by atoms with E-state index in [1.165, 1.54) is 6.42 Å². The first-order chi connectivity index (χ1) is 6.11. The fourth-order valence-corrected chi connectivity index (χ4v) is 1.84. The van der Waals surface area contributed by atoms with Crippen molar-refractivity contribution in [1.29, 1.82) is 0 Å². The molecule has 1 aliphatic rings. The van der Waals surface area contributed by atoms with E-state index < -0.39 is 0 Å². The van der Waals surface area contributed by atoms with E-state index in [9.17, 15) is 4.79 Å². The smallest absolute Gasteiger partial charge is 0.229 e. The Morgan fingerprint density at radius 2 is 2.31 bits per heavy atom. The zero-order valence-electron chi connectivity index (χ0n) is 7.95. The zero-order chi connectivity index (χ0) is 9.84. The van der Waals surface area contributed by atoms with Crippen LogP contribution in [0, 0.1) is 0 Å². The number of rotatable bonds is 2. The van der Waals surface area contributed by atoms with Gasteiger partial charge in [-0.05, 0) is 26.2 Å². The molecule has 3 nitrogen and oxygen atoms in total. The van der Waals surface area contributed by atoms with Crippen LogP contribution >= 0.6 is 12.2 Å². The van der Waals surface area contributed by atoms with Gasteiger partial charge in [0.25, 0.3) is 0 Å². The molecule has 4 heteroatoms. The summed E-state index contributed by atoms with van der Waals surface area (Å²) >= 11 is 4.71. The van der Waals surface area contributed by atoms with Crippen LogP contribution in [0.25, 0.3) is 0 Å². The summed E-state index contributed by atoms with van der Waals surface area (Å²) in [6.45, 7) is 2.94. The van der Waals surface area contributed by atoms with Gasteiger partial charge in [0.1, 0.15) is 0 Å². The summed E-state index contributed by atoms with van der Waals surface area (Å²) in [7, 11) is 0. The second kappa shape index (κ2) is 4.56.